The van der Waals surface area contributed by atoms with Crippen LogP contribution in [0.2, 0.25) is 0 Å². The van der Waals surface area contributed by atoms with Crippen molar-refractivity contribution in [3.63, 3.8) is 0 Å². The highest BCUT2D eigenvalue weighted by atomic mass is 16.5. The van der Waals surface area contributed by atoms with Gasteiger partial charge in [0.1, 0.15) is 6.33 Å². The molecule has 2 aromatic heterocycles. The van der Waals surface area contributed by atoms with Crippen molar-refractivity contribution in [1.29, 1.82) is 0 Å². The fourth-order valence-corrected chi connectivity index (χ4v) is 1.65. The van der Waals surface area contributed by atoms with Crippen molar-refractivity contribution in [2.24, 2.45) is 0 Å². The molecule has 0 aliphatic heterocycles. The van der Waals surface area contributed by atoms with Gasteiger partial charge in [-0.1, -0.05) is 6.92 Å². The standard InChI is InChI=1S/C12H17N5O2/c1-4-5-17-7-9(6-16-17)19-12-10(18-3)11(13-2)14-8-15-12/h6-8H,4-5H2,1-3H3,(H,13,14,15). The van der Waals surface area contributed by atoms with Crippen molar-refractivity contribution < 1.29 is 9.47 Å². The predicted molar refractivity (Wildman–Crippen MR) is 70.7 cm³/mol. The van der Waals surface area contributed by atoms with Gasteiger partial charge >= 0.3 is 0 Å². The van der Waals surface area contributed by atoms with Gasteiger partial charge in [-0.05, 0) is 6.42 Å². The first kappa shape index (κ1) is 13.1. The van der Waals surface area contributed by atoms with E-state index in [2.05, 4.69) is 27.3 Å². The molecule has 19 heavy (non-hydrogen) atoms. The van der Waals surface area contributed by atoms with Gasteiger partial charge in [-0.3, -0.25) is 4.68 Å². The van der Waals surface area contributed by atoms with E-state index >= 15 is 0 Å². The number of ether oxygens (including phenoxy) is 2. The Labute approximate surface area is 111 Å². The third-order valence-electron chi connectivity index (χ3n) is 2.49. The number of nitrogens with zero attached hydrogens (tertiary/aromatic N) is 4. The second-order valence-corrected chi connectivity index (χ2v) is 3.85. The topological polar surface area (TPSA) is 74.1 Å². The maximum absolute atomic E-state index is 5.67. The number of anilines is 1. The minimum atomic E-state index is 0.359. The smallest absolute Gasteiger partial charge is 0.268 e. The number of hydrogen-bond acceptors (Lipinski definition) is 6. The lowest BCUT2D eigenvalue weighted by molar-refractivity contribution is 0.369. The lowest BCUT2D eigenvalue weighted by Gasteiger charge is -2.10. The minimum Gasteiger partial charge on any atom is -0.489 e. The Bertz CT molecular complexity index is 541. The fourth-order valence-electron chi connectivity index (χ4n) is 1.65. The Balaban J connectivity index is 2.22. The van der Waals surface area contributed by atoms with Crippen LogP contribution in [0.4, 0.5) is 5.82 Å². The SMILES string of the molecule is CCCn1cc(Oc2ncnc(NC)c2OC)cn1. The largest absolute Gasteiger partial charge is 0.489 e. The number of aromatic nitrogens is 4. The molecule has 1 N–H and O–H groups in total. The lowest BCUT2D eigenvalue weighted by atomic mass is 10.5. The summed E-state index contributed by atoms with van der Waals surface area (Å²) in [4.78, 5) is 8.13. The average molecular weight is 263 g/mol. The van der Waals surface area contributed by atoms with E-state index in [1.165, 1.54) is 6.33 Å². The maximum Gasteiger partial charge on any atom is 0.268 e. The second kappa shape index (κ2) is 6.03. The van der Waals surface area contributed by atoms with Gasteiger partial charge in [0.25, 0.3) is 5.88 Å². The first-order valence-electron chi connectivity index (χ1n) is 6.05. The van der Waals surface area contributed by atoms with Crippen molar-refractivity contribution in [3.8, 4) is 17.4 Å². The molecule has 0 atom stereocenters. The summed E-state index contributed by atoms with van der Waals surface area (Å²) in [6, 6.07) is 0. The van der Waals surface area contributed by atoms with Crippen LogP contribution in [0.5, 0.6) is 17.4 Å². The summed E-state index contributed by atoms with van der Waals surface area (Å²) in [5, 5.41) is 7.11. The first-order valence-corrected chi connectivity index (χ1v) is 6.05. The quantitative estimate of drug-likeness (QED) is 0.858. The van der Waals surface area contributed by atoms with Crippen molar-refractivity contribution in [2.75, 3.05) is 19.5 Å². The molecule has 0 aliphatic carbocycles. The summed E-state index contributed by atoms with van der Waals surface area (Å²) in [5.41, 5.74) is 0. The van der Waals surface area contributed by atoms with Crippen LogP contribution in [0, 0.1) is 0 Å². The van der Waals surface area contributed by atoms with Crippen molar-refractivity contribution in [3.05, 3.63) is 18.7 Å². The molecular formula is C12H17N5O2. The summed E-state index contributed by atoms with van der Waals surface area (Å²) in [6.07, 6.45) is 5.91. The highest BCUT2D eigenvalue weighted by molar-refractivity contribution is 5.55. The van der Waals surface area contributed by atoms with Gasteiger partial charge in [0.15, 0.2) is 11.6 Å². The molecular weight excluding hydrogens is 246 g/mol. The van der Waals surface area contributed by atoms with Gasteiger partial charge in [0.2, 0.25) is 5.75 Å². The van der Waals surface area contributed by atoms with E-state index in [1.807, 2.05) is 10.9 Å². The Morgan fingerprint density at radius 1 is 1.37 bits per heavy atom. The Morgan fingerprint density at radius 3 is 2.89 bits per heavy atom. The molecule has 2 rings (SSSR count). The van der Waals surface area contributed by atoms with E-state index in [9.17, 15) is 0 Å². The molecule has 2 heterocycles. The molecule has 2 aromatic rings. The van der Waals surface area contributed by atoms with E-state index in [1.54, 1.807) is 20.4 Å². The van der Waals surface area contributed by atoms with E-state index < -0.39 is 0 Å². The molecule has 0 saturated heterocycles. The van der Waals surface area contributed by atoms with E-state index in [0.29, 0.717) is 23.2 Å². The molecule has 0 radical (unpaired) electrons. The van der Waals surface area contributed by atoms with Gasteiger partial charge in [0, 0.05) is 13.6 Å². The molecule has 0 fully saturated rings. The Hall–Kier alpha value is -2.31. The maximum atomic E-state index is 5.67. The van der Waals surface area contributed by atoms with Crippen LogP contribution in [-0.4, -0.2) is 33.9 Å². The molecule has 0 aromatic carbocycles. The second-order valence-electron chi connectivity index (χ2n) is 3.85. The van der Waals surface area contributed by atoms with Gasteiger partial charge in [-0.15, -0.1) is 0 Å². The van der Waals surface area contributed by atoms with Crippen LogP contribution in [0.25, 0.3) is 0 Å². The third kappa shape index (κ3) is 2.93. The van der Waals surface area contributed by atoms with E-state index in [-0.39, 0.29) is 0 Å². The van der Waals surface area contributed by atoms with Crippen molar-refractivity contribution >= 4 is 5.82 Å². The number of aryl methyl sites for hydroxylation is 1. The molecule has 7 heteroatoms. The zero-order chi connectivity index (χ0) is 13.7. The highest BCUT2D eigenvalue weighted by Gasteiger charge is 2.13. The molecule has 7 nitrogen and oxygen atoms in total. The minimum absolute atomic E-state index is 0.359. The zero-order valence-corrected chi connectivity index (χ0v) is 11.3. The average Bonchev–Trinajstić information content (AvgIpc) is 2.86. The summed E-state index contributed by atoms with van der Waals surface area (Å²) >= 11 is 0. The zero-order valence-electron chi connectivity index (χ0n) is 11.3. The van der Waals surface area contributed by atoms with Gasteiger partial charge in [-0.2, -0.15) is 10.1 Å². The van der Waals surface area contributed by atoms with Crippen LogP contribution < -0.4 is 14.8 Å². The normalized spacial score (nSPS) is 10.3. The van der Waals surface area contributed by atoms with E-state index in [0.717, 1.165) is 13.0 Å². The molecule has 0 aliphatic rings. The number of hydrogen-bond donors (Lipinski definition) is 1. The molecule has 0 saturated carbocycles. The van der Waals surface area contributed by atoms with Crippen LogP contribution >= 0.6 is 0 Å². The highest BCUT2D eigenvalue weighted by Crippen LogP contribution is 2.33. The predicted octanol–water partition coefficient (Wildman–Crippen LogP) is 1.93. The summed E-state index contributed by atoms with van der Waals surface area (Å²) in [7, 11) is 3.31. The lowest BCUT2D eigenvalue weighted by Crippen LogP contribution is -2.00. The van der Waals surface area contributed by atoms with Crippen molar-refractivity contribution in [2.45, 2.75) is 19.9 Å². The van der Waals surface area contributed by atoms with E-state index in [4.69, 9.17) is 9.47 Å². The molecule has 0 bridgehead atoms. The Kier molecular flexibility index (Phi) is 4.17. The van der Waals surface area contributed by atoms with Gasteiger partial charge in [-0.25, -0.2) is 4.98 Å². The molecule has 0 amide bonds. The van der Waals surface area contributed by atoms with Crippen LogP contribution in [-0.2, 0) is 6.54 Å². The van der Waals surface area contributed by atoms with Gasteiger partial charge < -0.3 is 14.8 Å². The summed E-state index contributed by atoms with van der Waals surface area (Å²) in [6.45, 7) is 2.95. The number of nitrogens with one attached hydrogen (secondary N) is 1. The fraction of sp³-hybridized carbons (Fsp3) is 0.417. The first-order chi connectivity index (χ1) is 9.28. The monoisotopic (exact) mass is 263 g/mol. The number of rotatable bonds is 6. The van der Waals surface area contributed by atoms with Crippen LogP contribution in [0.1, 0.15) is 13.3 Å². The Morgan fingerprint density at radius 2 is 2.21 bits per heavy atom. The molecule has 0 unspecified atom stereocenters. The van der Waals surface area contributed by atoms with Crippen molar-refractivity contribution in [1.82, 2.24) is 19.7 Å². The molecule has 102 valence electrons. The van der Waals surface area contributed by atoms with Crippen LogP contribution in [0.3, 0.4) is 0 Å². The third-order valence-corrected chi connectivity index (χ3v) is 2.49. The number of methoxy groups -OCH3 is 1. The van der Waals surface area contributed by atoms with Crippen LogP contribution in [0.15, 0.2) is 18.7 Å². The van der Waals surface area contributed by atoms with Gasteiger partial charge in [0.05, 0.1) is 19.5 Å². The summed E-state index contributed by atoms with van der Waals surface area (Å²) < 4.78 is 12.7. The summed E-state index contributed by atoms with van der Waals surface area (Å²) in [5.74, 6) is 2.02. The molecule has 0 spiro atoms.